The highest BCUT2D eigenvalue weighted by Crippen LogP contribution is 2.38. The summed E-state index contributed by atoms with van der Waals surface area (Å²) >= 11 is 0. The molecule has 4 aromatic rings. The molecule has 0 saturated carbocycles. The topological polar surface area (TPSA) is 90.0 Å². The maximum atomic E-state index is 14.5. The van der Waals surface area contributed by atoms with E-state index in [0.717, 1.165) is 23.9 Å². The van der Waals surface area contributed by atoms with Gasteiger partial charge >= 0.3 is 0 Å². The fraction of sp³-hybridized carbons (Fsp3) is 0.296. The molecular weight excluding hydrogens is 497 g/mol. The van der Waals surface area contributed by atoms with E-state index in [0.29, 0.717) is 35.9 Å². The second kappa shape index (κ2) is 9.73. The monoisotopic (exact) mass is 522 g/mol. The lowest BCUT2D eigenvalue weighted by Crippen LogP contribution is -2.26. The summed E-state index contributed by atoms with van der Waals surface area (Å²) in [5.41, 5.74) is 2.82. The van der Waals surface area contributed by atoms with E-state index in [-0.39, 0.29) is 18.5 Å². The molecule has 0 spiro atoms. The zero-order valence-electron chi connectivity index (χ0n) is 20.2. The normalized spacial score (nSPS) is 23.8. The van der Waals surface area contributed by atoms with Crippen LogP contribution < -0.4 is 9.80 Å². The van der Waals surface area contributed by atoms with Gasteiger partial charge in [-0.2, -0.15) is 0 Å². The van der Waals surface area contributed by atoms with Crippen molar-refractivity contribution in [3.8, 4) is 0 Å². The Labute approximate surface area is 216 Å². The van der Waals surface area contributed by atoms with E-state index in [1.807, 2.05) is 17.0 Å². The number of hydrogen-bond donors (Lipinski definition) is 2. The summed E-state index contributed by atoms with van der Waals surface area (Å²) in [4.78, 5) is 12.3. The van der Waals surface area contributed by atoms with Crippen LogP contribution in [0.1, 0.15) is 29.4 Å². The molecule has 3 aromatic heterocycles. The minimum absolute atomic E-state index is 0.0142. The van der Waals surface area contributed by atoms with Crippen molar-refractivity contribution < 1.29 is 23.4 Å². The molecular formula is C27H25F3N6O2. The van der Waals surface area contributed by atoms with E-state index in [4.69, 9.17) is 0 Å². The van der Waals surface area contributed by atoms with Crippen molar-refractivity contribution in [2.45, 2.75) is 30.8 Å². The van der Waals surface area contributed by atoms with Crippen LogP contribution in [0.3, 0.4) is 0 Å². The molecule has 2 N–H and O–H groups in total. The maximum Gasteiger partial charge on any atom is 0.154 e. The van der Waals surface area contributed by atoms with Crippen molar-refractivity contribution in [2.75, 3.05) is 29.4 Å². The Bertz CT molecular complexity index is 1480. The number of fused-ring (bicyclic) bond motifs is 1. The molecule has 8 nitrogen and oxygen atoms in total. The Morgan fingerprint density at radius 2 is 1.71 bits per heavy atom. The van der Waals surface area contributed by atoms with Gasteiger partial charge in [-0.3, -0.25) is 4.98 Å². The van der Waals surface area contributed by atoms with Gasteiger partial charge in [0.05, 0.1) is 54.3 Å². The predicted molar refractivity (Wildman–Crippen MR) is 136 cm³/mol. The predicted octanol–water partition coefficient (Wildman–Crippen LogP) is 3.40. The third-order valence-electron chi connectivity index (χ3n) is 7.06. The van der Waals surface area contributed by atoms with E-state index in [1.54, 1.807) is 46.1 Å². The summed E-state index contributed by atoms with van der Waals surface area (Å²) in [6.45, 7) is 0.710. The lowest BCUT2D eigenvalue weighted by atomic mass is 10.0. The molecule has 5 heterocycles. The lowest BCUT2D eigenvalue weighted by Gasteiger charge is -2.26. The van der Waals surface area contributed by atoms with Crippen molar-refractivity contribution >= 4 is 29.3 Å². The average molecular weight is 523 g/mol. The molecule has 1 aromatic carbocycles. The second-order valence-electron chi connectivity index (χ2n) is 9.63. The Balaban J connectivity index is 1.25. The number of aliphatic hydroxyl groups is 2. The summed E-state index contributed by atoms with van der Waals surface area (Å²) in [7, 11) is 0. The Hall–Kier alpha value is -3.96. The highest BCUT2D eigenvalue weighted by atomic mass is 19.1. The number of benzene rings is 1. The zero-order chi connectivity index (χ0) is 26.4. The summed E-state index contributed by atoms with van der Waals surface area (Å²) < 4.78 is 44.5. The number of aromatic nitrogens is 4. The molecule has 0 amide bonds. The van der Waals surface area contributed by atoms with Crippen molar-refractivity contribution in [1.29, 1.82) is 0 Å². The molecule has 11 heteroatoms. The summed E-state index contributed by atoms with van der Waals surface area (Å²) in [5.74, 6) is -0.735. The smallest absolute Gasteiger partial charge is 0.154 e. The van der Waals surface area contributed by atoms with Crippen molar-refractivity contribution in [3.63, 3.8) is 0 Å². The number of nitrogens with zero attached hydrogens (tertiary/aromatic N) is 6. The van der Waals surface area contributed by atoms with Crippen LogP contribution in [0.25, 0.3) is 17.8 Å². The minimum atomic E-state index is -1.21. The van der Waals surface area contributed by atoms with Gasteiger partial charge in [0, 0.05) is 25.1 Å². The molecule has 38 heavy (non-hydrogen) atoms. The number of imidazole rings is 1. The average Bonchev–Trinajstić information content (AvgIpc) is 3.60. The van der Waals surface area contributed by atoms with Crippen molar-refractivity contribution in [1.82, 2.24) is 19.6 Å². The van der Waals surface area contributed by atoms with Gasteiger partial charge in [-0.05, 0) is 54.6 Å². The van der Waals surface area contributed by atoms with Gasteiger partial charge in [0.25, 0.3) is 0 Å². The van der Waals surface area contributed by atoms with Gasteiger partial charge in [-0.15, -0.1) is 5.10 Å². The van der Waals surface area contributed by atoms with Crippen molar-refractivity contribution in [3.05, 3.63) is 83.4 Å². The number of β-amino-alcohol motifs (C(OH)–C–C–N with tert-alkyl or cyclic N) is 2. The van der Waals surface area contributed by atoms with Gasteiger partial charge < -0.3 is 20.0 Å². The third-order valence-corrected chi connectivity index (χ3v) is 7.06. The highest BCUT2D eigenvalue weighted by Gasteiger charge is 2.36. The van der Waals surface area contributed by atoms with Crippen LogP contribution in [0.4, 0.5) is 24.7 Å². The number of halogens is 3. The van der Waals surface area contributed by atoms with E-state index in [2.05, 4.69) is 15.1 Å². The highest BCUT2D eigenvalue weighted by molar-refractivity contribution is 5.68. The van der Waals surface area contributed by atoms with E-state index < -0.39 is 36.1 Å². The molecule has 2 fully saturated rings. The van der Waals surface area contributed by atoms with Gasteiger partial charge in [0.1, 0.15) is 23.6 Å². The first-order valence-electron chi connectivity index (χ1n) is 12.3. The molecule has 2 saturated heterocycles. The minimum Gasteiger partial charge on any atom is -0.389 e. The summed E-state index contributed by atoms with van der Waals surface area (Å²) in [5, 5.41) is 24.2. The molecule has 196 valence electrons. The summed E-state index contributed by atoms with van der Waals surface area (Å²) in [6, 6.07) is 9.67. The fourth-order valence-corrected chi connectivity index (χ4v) is 5.09. The van der Waals surface area contributed by atoms with Crippen molar-refractivity contribution in [2.24, 2.45) is 0 Å². The van der Waals surface area contributed by atoms with Crippen LogP contribution in [0.2, 0.25) is 0 Å². The van der Waals surface area contributed by atoms with Gasteiger partial charge in [-0.1, -0.05) is 0 Å². The molecule has 0 bridgehead atoms. The molecule has 2 aliphatic heterocycles. The second-order valence-corrected chi connectivity index (χ2v) is 9.63. The molecule has 6 rings (SSSR count). The van der Waals surface area contributed by atoms with E-state index in [1.165, 1.54) is 0 Å². The number of aliphatic hydroxyl groups excluding tert-OH is 2. The number of hydrogen-bond acceptors (Lipinski definition) is 7. The third kappa shape index (κ3) is 4.59. The van der Waals surface area contributed by atoms with Crippen LogP contribution in [-0.2, 0) is 0 Å². The quantitative estimate of drug-likeness (QED) is 0.415. The number of alkyl halides is 1. The largest absolute Gasteiger partial charge is 0.389 e. The Kier molecular flexibility index (Phi) is 6.24. The van der Waals surface area contributed by atoms with Crippen LogP contribution in [0.15, 0.2) is 54.9 Å². The Morgan fingerprint density at radius 3 is 2.47 bits per heavy atom. The molecule has 0 aliphatic carbocycles. The van der Waals surface area contributed by atoms with Gasteiger partial charge in [-0.25, -0.2) is 22.7 Å². The molecule has 2 aliphatic rings. The van der Waals surface area contributed by atoms with Crippen LogP contribution in [0.5, 0.6) is 0 Å². The first-order valence-corrected chi connectivity index (χ1v) is 12.3. The molecule has 4 atom stereocenters. The van der Waals surface area contributed by atoms with Crippen LogP contribution in [-0.4, -0.2) is 67.8 Å². The van der Waals surface area contributed by atoms with E-state index >= 15 is 0 Å². The SMILES string of the molecule is OC1CN(c2ccc(/C=C/c3cnc4ccc(N5C[C@@H](F)C[C@@H]5c5cc(F)ccc5F)nn34)nc2)CC1O. The molecule has 2 unspecified atom stereocenters. The van der Waals surface area contributed by atoms with E-state index in [9.17, 15) is 23.4 Å². The first-order chi connectivity index (χ1) is 18.4. The standard InChI is InChI=1S/C27H25F3N6O2/c28-16-1-6-22(30)21(9-16)23-10-17(29)13-35(23)27-8-7-26-32-12-20(36(26)33-27)5-3-18-2-4-19(11-31-18)34-14-24(37)25(38)15-34/h1-9,11-12,17,23-25,37-38H,10,13-15H2/b5-3+/t17-,23+,24?,25?/m0/s1. The summed E-state index contributed by atoms with van der Waals surface area (Å²) in [6.07, 6.45) is 4.21. The van der Waals surface area contributed by atoms with Crippen LogP contribution in [0, 0.1) is 11.6 Å². The fourth-order valence-electron chi connectivity index (χ4n) is 5.09. The van der Waals surface area contributed by atoms with Gasteiger partial charge in [0.2, 0.25) is 0 Å². The van der Waals surface area contributed by atoms with Crippen LogP contribution >= 0.6 is 0 Å². The number of pyridine rings is 1. The number of anilines is 2. The lowest BCUT2D eigenvalue weighted by molar-refractivity contribution is 0.0572. The number of rotatable bonds is 5. The maximum absolute atomic E-state index is 14.5. The zero-order valence-corrected chi connectivity index (χ0v) is 20.2. The van der Waals surface area contributed by atoms with Gasteiger partial charge in [0.15, 0.2) is 5.65 Å². The molecule has 0 radical (unpaired) electrons. The Morgan fingerprint density at radius 1 is 0.895 bits per heavy atom. The first kappa shape index (κ1) is 24.4.